The van der Waals surface area contributed by atoms with Crippen LogP contribution in [0.1, 0.15) is 62.6 Å². The van der Waals surface area contributed by atoms with E-state index in [4.69, 9.17) is 4.98 Å². The largest absolute Gasteiger partial charge is 0.256 e. The summed E-state index contributed by atoms with van der Waals surface area (Å²) in [6.07, 6.45) is 10.2. The minimum atomic E-state index is -0.0308. The molecule has 2 aromatic carbocycles. The van der Waals surface area contributed by atoms with Crippen LogP contribution < -0.4 is 0 Å². The van der Waals surface area contributed by atoms with Gasteiger partial charge in [0.05, 0.1) is 5.69 Å². The molecule has 0 unspecified atom stereocenters. The van der Waals surface area contributed by atoms with E-state index in [0.29, 0.717) is 0 Å². The lowest BCUT2D eigenvalue weighted by molar-refractivity contribution is 0.356. The highest BCUT2D eigenvalue weighted by atomic mass is 14.7. The van der Waals surface area contributed by atoms with Crippen molar-refractivity contribution in [2.75, 3.05) is 0 Å². The van der Waals surface area contributed by atoms with E-state index in [1.54, 1.807) is 0 Å². The maximum Gasteiger partial charge on any atom is 0.0704 e. The van der Waals surface area contributed by atoms with E-state index in [0.717, 1.165) is 11.6 Å². The molecule has 0 spiro atoms. The van der Waals surface area contributed by atoms with Gasteiger partial charge in [-0.25, -0.2) is 0 Å². The molecule has 1 saturated carbocycles. The van der Waals surface area contributed by atoms with Crippen LogP contribution in [0.3, 0.4) is 0 Å². The Bertz CT molecular complexity index is 904. The second-order valence-electron chi connectivity index (χ2n) is 8.83. The normalized spacial score (nSPS) is 15.5. The summed E-state index contributed by atoms with van der Waals surface area (Å²) in [5.41, 5.74) is 6.38. The summed E-state index contributed by atoms with van der Waals surface area (Å²) in [7, 11) is 0. The van der Waals surface area contributed by atoms with Crippen molar-refractivity contribution < 1.29 is 0 Å². The van der Waals surface area contributed by atoms with Crippen LogP contribution in [0.2, 0.25) is 0 Å². The summed E-state index contributed by atoms with van der Waals surface area (Å²) in [6.45, 7) is 4.60. The number of pyridine rings is 1. The number of hydrogen-bond donors (Lipinski definition) is 0. The molecular formula is C27H31N. The van der Waals surface area contributed by atoms with Crippen LogP contribution >= 0.6 is 0 Å². The summed E-state index contributed by atoms with van der Waals surface area (Å²) in [6, 6.07) is 24.2. The summed E-state index contributed by atoms with van der Waals surface area (Å²) in [4.78, 5) is 4.70. The van der Waals surface area contributed by atoms with E-state index < -0.39 is 0 Å². The molecule has 1 aromatic heterocycles. The van der Waals surface area contributed by atoms with Gasteiger partial charge >= 0.3 is 0 Å². The van der Waals surface area contributed by atoms with Gasteiger partial charge in [-0.2, -0.15) is 0 Å². The summed E-state index contributed by atoms with van der Waals surface area (Å²) in [5, 5.41) is 0. The molecule has 0 amide bonds. The molecule has 4 rings (SSSR count). The fourth-order valence-electron chi connectivity index (χ4n) is 4.57. The van der Waals surface area contributed by atoms with Gasteiger partial charge in [-0.1, -0.05) is 94.5 Å². The maximum absolute atomic E-state index is 4.70. The van der Waals surface area contributed by atoms with Gasteiger partial charge in [0.1, 0.15) is 0 Å². The number of aromatic nitrogens is 1. The number of benzene rings is 2. The second-order valence-corrected chi connectivity index (χ2v) is 8.83. The van der Waals surface area contributed by atoms with Crippen molar-refractivity contribution in [1.29, 1.82) is 0 Å². The second kappa shape index (κ2) is 8.31. The Morgan fingerprint density at radius 2 is 1.57 bits per heavy atom. The van der Waals surface area contributed by atoms with Gasteiger partial charge in [0, 0.05) is 17.2 Å². The minimum absolute atomic E-state index is 0.0308. The molecule has 3 aromatic rings. The fraction of sp³-hybridized carbons (Fsp3) is 0.370. The smallest absolute Gasteiger partial charge is 0.0704 e. The highest BCUT2D eigenvalue weighted by Crippen LogP contribution is 2.34. The van der Waals surface area contributed by atoms with E-state index in [2.05, 4.69) is 80.6 Å². The first kappa shape index (κ1) is 18.9. The fourth-order valence-corrected chi connectivity index (χ4v) is 4.57. The quantitative estimate of drug-likeness (QED) is 0.463. The van der Waals surface area contributed by atoms with Crippen LogP contribution in [0.5, 0.6) is 0 Å². The van der Waals surface area contributed by atoms with Crippen LogP contribution in [-0.2, 0) is 11.8 Å². The monoisotopic (exact) mass is 369 g/mol. The topological polar surface area (TPSA) is 12.9 Å². The van der Waals surface area contributed by atoms with Crippen molar-refractivity contribution in [2.24, 2.45) is 5.92 Å². The first-order valence-electron chi connectivity index (χ1n) is 10.7. The van der Waals surface area contributed by atoms with E-state index in [1.165, 1.54) is 60.8 Å². The summed E-state index contributed by atoms with van der Waals surface area (Å²) < 4.78 is 0. The number of nitrogens with zero attached hydrogens (tertiary/aromatic N) is 1. The minimum Gasteiger partial charge on any atom is -0.256 e. The Morgan fingerprint density at radius 3 is 2.36 bits per heavy atom. The number of rotatable bonds is 5. The molecule has 1 fully saturated rings. The molecule has 0 bridgehead atoms. The molecule has 144 valence electrons. The third kappa shape index (κ3) is 4.19. The average Bonchev–Trinajstić information content (AvgIpc) is 2.75. The van der Waals surface area contributed by atoms with Crippen molar-refractivity contribution >= 4 is 0 Å². The molecule has 28 heavy (non-hydrogen) atoms. The molecule has 1 aliphatic carbocycles. The van der Waals surface area contributed by atoms with Gasteiger partial charge in [-0.3, -0.25) is 4.98 Å². The van der Waals surface area contributed by atoms with Crippen molar-refractivity contribution in [2.45, 2.75) is 57.8 Å². The number of hydrogen-bond acceptors (Lipinski definition) is 1. The van der Waals surface area contributed by atoms with Crippen LogP contribution in [-0.4, -0.2) is 4.98 Å². The predicted molar refractivity (Wildman–Crippen MR) is 119 cm³/mol. The average molecular weight is 370 g/mol. The Kier molecular flexibility index (Phi) is 5.62. The Balaban J connectivity index is 1.60. The predicted octanol–water partition coefficient (Wildman–Crippen LogP) is 7.20. The van der Waals surface area contributed by atoms with Crippen LogP contribution in [0.4, 0.5) is 0 Å². The molecule has 0 saturated heterocycles. The molecular weight excluding hydrogens is 338 g/mol. The summed E-state index contributed by atoms with van der Waals surface area (Å²) in [5.74, 6) is 0.854. The Labute approximate surface area is 169 Å². The van der Waals surface area contributed by atoms with E-state index in [9.17, 15) is 0 Å². The lowest BCUT2D eigenvalue weighted by atomic mass is 9.77. The van der Waals surface area contributed by atoms with E-state index in [-0.39, 0.29) is 5.41 Å². The molecule has 0 aliphatic heterocycles. The molecule has 0 atom stereocenters. The zero-order valence-electron chi connectivity index (χ0n) is 17.2. The summed E-state index contributed by atoms with van der Waals surface area (Å²) >= 11 is 0. The van der Waals surface area contributed by atoms with Crippen LogP contribution in [0, 0.1) is 5.92 Å². The van der Waals surface area contributed by atoms with Gasteiger partial charge in [0.25, 0.3) is 0 Å². The van der Waals surface area contributed by atoms with Crippen molar-refractivity contribution in [3.8, 4) is 11.3 Å². The molecule has 1 aliphatic rings. The first-order valence-corrected chi connectivity index (χ1v) is 10.7. The molecule has 1 heterocycles. The van der Waals surface area contributed by atoms with Gasteiger partial charge in [-0.15, -0.1) is 0 Å². The standard InChI is InChI=1S/C27H31N/c1-27(2,24-13-7-4-8-14-24)25-15-9-12-23(20-25)26-19-22(16-17-28-26)18-21-10-5-3-6-11-21/h4,7-9,12-17,19-21H,3,5-6,10-11,18H2,1-2H3. The highest BCUT2D eigenvalue weighted by molar-refractivity contribution is 5.62. The van der Waals surface area contributed by atoms with E-state index >= 15 is 0 Å². The van der Waals surface area contributed by atoms with Crippen LogP contribution in [0.25, 0.3) is 11.3 Å². The zero-order valence-corrected chi connectivity index (χ0v) is 17.2. The van der Waals surface area contributed by atoms with Crippen LogP contribution in [0.15, 0.2) is 72.9 Å². The Morgan fingerprint density at radius 1 is 0.821 bits per heavy atom. The molecule has 0 radical (unpaired) electrons. The third-order valence-corrected chi connectivity index (χ3v) is 6.45. The van der Waals surface area contributed by atoms with Crippen molar-refractivity contribution in [3.05, 3.63) is 89.6 Å². The lowest BCUT2D eigenvalue weighted by Crippen LogP contribution is -2.18. The van der Waals surface area contributed by atoms with Crippen molar-refractivity contribution in [3.63, 3.8) is 0 Å². The van der Waals surface area contributed by atoms with Gasteiger partial charge in [-0.05, 0) is 47.2 Å². The Hall–Kier alpha value is -2.41. The zero-order chi connectivity index (χ0) is 19.4. The van der Waals surface area contributed by atoms with E-state index in [1.807, 2.05) is 6.20 Å². The van der Waals surface area contributed by atoms with Gasteiger partial charge in [0.2, 0.25) is 0 Å². The first-order chi connectivity index (χ1) is 13.6. The highest BCUT2D eigenvalue weighted by Gasteiger charge is 2.23. The molecule has 0 N–H and O–H groups in total. The lowest BCUT2D eigenvalue weighted by Gasteiger charge is -2.26. The van der Waals surface area contributed by atoms with Crippen molar-refractivity contribution in [1.82, 2.24) is 4.98 Å². The van der Waals surface area contributed by atoms with Gasteiger partial charge < -0.3 is 0 Å². The maximum atomic E-state index is 4.70. The molecule has 1 heteroatoms. The SMILES string of the molecule is CC(C)(c1ccccc1)c1cccc(-c2cc(CC3CCCCC3)ccn2)c1. The molecule has 1 nitrogen and oxygen atoms in total. The third-order valence-electron chi connectivity index (χ3n) is 6.45. The van der Waals surface area contributed by atoms with Gasteiger partial charge in [0.15, 0.2) is 0 Å².